The molecule has 72 valence electrons. The Hall–Kier alpha value is -1.59. The van der Waals surface area contributed by atoms with Gasteiger partial charge in [-0.25, -0.2) is 0 Å². The van der Waals surface area contributed by atoms with Crippen LogP contribution in [-0.4, -0.2) is 5.11 Å². The molecule has 0 fully saturated rings. The van der Waals surface area contributed by atoms with Crippen LogP contribution in [0.2, 0.25) is 0 Å². The molecule has 1 atom stereocenters. The van der Waals surface area contributed by atoms with Gasteiger partial charge in [0.25, 0.3) is 0 Å². The maximum Gasteiger partial charge on any atom is 0.0942 e. The zero-order valence-electron chi connectivity index (χ0n) is 8.20. The largest absolute Gasteiger partial charge is 0.385 e. The van der Waals surface area contributed by atoms with Crippen LogP contribution in [-0.2, 0) is 5.60 Å². The highest BCUT2D eigenvalue weighted by atomic mass is 16.3. The molecule has 0 radical (unpaired) electrons. The summed E-state index contributed by atoms with van der Waals surface area (Å²) in [6.45, 7) is 5.25. The first-order valence-corrected chi connectivity index (χ1v) is 4.42. The van der Waals surface area contributed by atoms with Crippen molar-refractivity contribution in [3.05, 3.63) is 48.0 Å². The predicted molar refractivity (Wildman–Crippen MR) is 55.4 cm³/mol. The fourth-order valence-electron chi connectivity index (χ4n) is 1.35. The summed E-state index contributed by atoms with van der Waals surface area (Å²) in [5, 5.41) is 18.7. The van der Waals surface area contributed by atoms with Crippen LogP contribution in [0.25, 0.3) is 0 Å². The van der Waals surface area contributed by atoms with E-state index in [1.165, 1.54) is 0 Å². The Bertz CT molecular complexity index is 360. The summed E-state index contributed by atoms with van der Waals surface area (Å²) in [4.78, 5) is 0. The molecule has 1 N–H and O–H groups in total. The molecule has 0 aliphatic carbocycles. The van der Waals surface area contributed by atoms with E-state index < -0.39 is 5.60 Å². The van der Waals surface area contributed by atoms with E-state index >= 15 is 0 Å². The summed E-state index contributed by atoms with van der Waals surface area (Å²) < 4.78 is 0. The second-order valence-corrected chi connectivity index (χ2v) is 3.53. The number of nitriles is 1. The number of hydrogen-bond acceptors (Lipinski definition) is 2. The zero-order chi connectivity index (χ0) is 10.6. The molecule has 0 aromatic heterocycles. The lowest BCUT2D eigenvalue weighted by atomic mass is 9.90. The molecule has 0 saturated heterocycles. The zero-order valence-corrected chi connectivity index (χ0v) is 8.20. The summed E-state index contributed by atoms with van der Waals surface area (Å²) in [5.41, 5.74) is 0.184. The van der Waals surface area contributed by atoms with Gasteiger partial charge >= 0.3 is 0 Å². The Morgan fingerprint density at radius 2 is 2.07 bits per heavy atom. The van der Waals surface area contributed by atoms with Crippen LogP contribution < -0.4 is 0 Å². The monoisotopic (exact) mass is 187 g/mol. The Morgan fingerprint density at radius 3 is 2.57 bits per heavy atom. The van der Waals surface area contributed by atoms with Crippen molar-refractivity contribution < 1.29 is 5.11 Å². The van der Waals surface area contributed by atoms with Crippen LogP contribution in [0.15, 0.2) is 42.5 Å². The van der Waals surface area contributed by atoms with Crippen molar-refractivity contribution in [1.82, 2.24) is 0 Å². The van der Waals surface area contributed by atoms with E-state index in [1.54, 1.807) is 6.92 Å². The molecule has 0 bridgehead atoms. The van der Waals surface area contributed by atoms with Gasteiger partial charge in [0.15, 0.2) is 0 Å². The van der Waals surface area contributed by atoms with Crippen LogP contribution in [0.3, 0.4) is 0 Å². The van der Waals surface area contributed by atoms with Gasteiger partial charge < -0.3 is 5.11 Å². The minimum atomic E-state index is -1.01. The number of hydrogen-bond donors (Lipinski definition) is 1. The third-order valence-corrected chi connectivity index (χ3v) is 2.11. The molecule has 0 heterocycles. The summed E-state index contributed by atoms with van der Waals surface area (Å²) in [6.07, 6.45) is 0.271. The standard InChI is InChI=1S/C12H13NO/c1-10(9-13)8-12(2,14)11-6-4-3-5-7-11/h3-7,14H,1,8H2,2H3. The lowest BCUT2D eigenvalue weighted by Gasteiger charge is -2.22. The van der Waals surface area contributed by atoms with Crippen molar-refractivity contribution in [2.45, 2.75) is 18.9 Å². The SMILES string of the molecule is C=C(C#N)CC(C)(O)c1ccccc1. The van der Waals surface area contributed by atoms with Gasteiger partial charge in [-0.3, -0.25) is 0 Å². The van der Waals surface area contributed by atoms with E-state index in [0.29, 0.717) is 5.57 Å². The molecular weight excluding hydrogens is 174 g/mol. The van der Waals surface area contributed by atoms with E-state index in [1.807, 2.05) is 36.4 Å². The topological polar surface area (TPSA) is 44.0 Å². The van der Waals surface area contributed by atoms with E-state index in [2.05, 4.69) is 6.58 Å². The Morgan fingerprint density at radius 1 is 1.50 bits per heavy atom. The van der Waals surface area contributed by atoms with Crippen LogP contribution in [0.1, 0.15) is 18.9 Å². The second kappa shape index (κ2) is 4.08. The summed E-state index contributed by atoms with van der Waals surface area (Å²) in [5.74, 6) is 0. The van der Waals surface area contributed by atoms with Crippen LogP contribution in [0.4, 0.5) is 0 Å². The van der Waals surface area contributed by atoms with Crippen LogP contribution >= 0.6 is 0 Å². The molecular formula is C12H13NO. The molecule has 0 saturated carbocycles. The van der Waals surface area contributed by atoms with Crippen molar-refractivity contribution in [2.75, 3.05) is 0 Å². The Labute approximate surface area is 84.1 Å². The van der Waals surface area contributed by atoms with Gasteiger partial charge in [0.05, 0.1) is 11.7 Å². The van der Waals surface area contributed by atoms with Gasteiger partial charge in [0.1, 0.15) is 0 Å². The van der Waals surface area contributed by atoms with E-state index in [-0.39, 0.29) is 6.42 Å². The maximum absolute atomic E-state index is 10.1. The molecule has 0 aliphatic heterocycles. The first-order chi connectivity index (χ1) is 6.56. The average Bonchev–Trinajstić information content (AvgIpc) is 2.18. The predicted octanol–water partition coefficient (Wildman–Crippen LogP) is 2.36. The first kappa shape index (κ1) is 10.5. The fraction of sp³-hybridized carbons (Fsp3) is 0.250. The van der Waals surface area contributed by atoms with Gasteiger partial charge in [-0.2, -0.15) is 5.26 Å². The van der Waals surface area contributed by atoms with Gasteiger partial charge in [0.2, 0.25) is 0 Å². The highest BCUT2D eigenvalue weighted by Crippen LogP contribution is 2.26. The van der Waals surface area contributed by atoms with E-state index in [0.717, 1.165) is 5.56 Å². The number of nitrogens with zero attached hydrogens (tertiary/aromatic N) is 1. The number of aliphatic hydroxyl groups is 1. The van der Waals surface area contributed by atoms with Gasteiger partial charge in [-0.15, -0.1) is 0 Å². The lowest BCUT2D eigenvalue weighted by Crippen LogP contribution is -2.21. The maximum atomic E-state index is 10.1. The van der Waals surface area contributed by atoms with Crippen molar-refractivity contribution in [3.63, 3.8) is 0 Å². The quantitative estimate of drug-likeness (QED) is 0.738. The average molecular weight is 187 g/mol. The minimum absolute atomic E-state index is 0.271. The number of rotatable bonds is 3. The molecule has 1 unspecified atom stereocenters. The van der Waals surface area contributed by atoms with Crippen molar-refractivity contribution in [2.24, 2.45) is 0 Å². The molecule has 0 aliphatic rings. The molecule has 0 spiro atoms. The highest BCUT2D eigenvalue weighted by Gasteiger charge is 2.23. The second-order valence-electron chi connectivity index (χ2n) is 3.53. The van der Waals surface area contributed by atoms with Crippen LogP contribution in [0, 0.1) is 11.3 Å². The molecule has 1 aromatic rings. The third kappa shape index (κ3) is 2.45. The van der Waals surface area contributed by atoms with Crippen molar-refractivity contribution in [1.29, 1.82) is 5.26 Å². The summed E-state index contributed by atoms with van der Waals surface area (Å²) in [6, 6.07) is 11.2. The smallest absolute Gasteiger partial charge is 0.0942 e. The van der Waals surface area contributed by atoms with E-state index in [9.17, 15) is 5.11 Å². The van der Waals surface area contributed by atoms with Crippen molar-refractivity contribution in [3.8, 4) is 6.07 Å². The third-order valence-electron chi connectivity index (χ3n) is 2.11. The Balaban J connectivity index is 2.87. The normalized spacial score (nSPS) is 14.1. The van der Waals surface area contributed by atoms with Crippen molar-refractivity contribution >= 4 is 0 Å². The lowest BCUT2D eigenvalue weighted by molar-refractivity contribution is 0.0588. The molecule has 2 heteroatoms. The Kier molecular flexibility index (Phi) is 3.06. The minimum Gasteiger partial charge on any atom is -0.385 e. The molecule has 0 amide bonds. The first-order valence-electron chi connectivity index (χ1n) is 4.42. The van der Waals surface area contributed by atoms with Gasteiger partial charge in [0, 0.05) is 12.0 Å². The highest BCUT2D eigenvalue weighted by molar-refractivity contribution is 5.27. The van der Waals surface area contributed by atoms with Crippen LogP contribution in [0.5, 0.6) is 0 Å². The molecule has 2 nitrogen and oxygen atoms in total. The summed E-state index contributed by atoms with van der Waals surface area (Å²) >= 11 is 0. The molecule has 1 rings (SSSR count). The summed E-state index contributed by atoms with van der Waals surface area (Å²) in [7, 11) is 0. The fourth-order valence-corrected chi connectivity index (χ4v) is 1.35. The van der Waals surface area contributed by atoms with E-state index in [4.69, 9.17) is 5.26 Å². The molecule has 1 aromatic carbocycles. The number of benzene rings is 1. The van der Waals surface area contributed by atoms with Gasteiger partial charge in [-0.05, 0) is 12.5 Å². The van der Waals surface area contributed by atoms with Gasteiger partial charge in [-0.1, -0.05) is 36.9 Å². The molecule has 14 heavy (non-hydrogen) atoms.